The second kappa shape index (κ2) is 7.90. The largest absolute Gasteiger partial charge is 0.462 e. The lowest BCUT2D eigenvalue weighted by Crippen LogP contribution is -2.09. The minimum absolute atomic E-state index is 0.337. The van der Waals surface area contributed by atoms with Gasteiger partial charge < -0.3 is 14.8 Å². The molecule has 0 aliphatic rings. The summed E-state index contributed by atoms with van der Waals surface area (Å²) >= 11 is 1.41. The van der Waals surface area contributed by atoms with Crippen molar-refractivity contribution in [2.75, 3.05) is 31.7 Å². The van der Waals surface area contributed by atoms with E-state index < -0.39 is 0 Å². The van der Waals surface area contributed by atoms with Crippen LogP contribution in [0.2, 0.25) is 0 Å². The van der Waals surface area contributed by atoms with Crippen molar-refractivity contribution in [3.05, 3.63) is 17.3 Å². The minimum atomic E-state index is -0.337. The standard InChI is InChI=1S/C14H19N3O3S/c1-3-19-7-5-6-15-12-11-10(14(18)20-4-2)8-21-13(11)17-9-16-12/h8-9H,3-7H2,1-2H3,(H,15,16,17). The van der Waals surface area contributed by atoms with Gasteiger partial charge in [-0.1, -0.05) is 0 Å². The van der Waals surface area contributed by atoms with Crippen molar-refractivity contribution in [3.8, 4) is 0 Å². The van der Waals surface area contributed by atoms with Crippen molar-refractivity contribution in [3.63, 3.8) is 0 Å². The van der Waals surface area contributed by atoms with Crippen LogP contribution in [0.1, 0.15) is 30.6 Å². The SMILES string of the molecule is CCOCCCNc1ncnc2scc(C(=O)OCC)c12. The van der Waals surface area contributed by atoms with Crippen LogP contribution in [0.25, 0.3) is 10.2 Å². The number of thiophene rings is 1. The predicted octanol–water partition coefficient (Wildman–Crippen LogP) is 2.71. The van der Waals surface area contributed by atoms with Crippen molar-refractivity contribution in [1.82, 2.24) is 9.97 Å². The van der Waals surface area contributed by atoms with Crippen LogP contribution < -0.4 is 5.32 Å². The van der Waals surface area contributed by atoms with Crippen LogP contribution in [0.5, 0.6) is 0 Å². The Morgan fingerprint density at radius 3 is 2.95 bits per heavy atom. The van der Waals surface area contributed by atoms with Crippen molar-refractivity contribution in [1.29, 1.82) is 0 Å². The summed E-state index contributed by atoms with van der Waals surface area (Å²) < 4.78 is 10.4. The van der Waals surface area contributed by atoms with Gasteiger partial charge in [-0.25, -0.2) is 14.8 Å². The van der Waals surface area contributed by atoms with Gasteiger partial charge in [0.25, 0.3) is 0 Å². The van der Waals surface area contributed by atoms with Crippen molar-refractivity contribution < 1.29 is 14.3 Å². The van der Waals surface area contributed by atoms with E-state index >= 15 is 0 Å². The highest BCUT2D eigenvalue weighted by atomic mass is 32.1. The molecule has 0 aliphatic heterocycles. The Balaban J connectivity index is 2.15. The Morgan fingerprint density at radius 2 is 2.19 bits per heavy atom. The topological polar surface area (TPSA) is 73.3 Å². The molecule has 2 heterocycles. The highest BCUT2D eigenvalue weighted by Crippen LogP contribution is 2.29. The van der Waals surface area contributed by atoms with Crippen molar-refractivity contribution in [2.45, 2.75) is 20.3 Å². The predicted molar refractivity (Wildman–Crippen MR) is 83.0 cm³/mol. The van der Waals surface area contributed by atoms with Gasteiger partial charge in [-0.3, -0.25) is 0 Å². The molecule has 114 valence electrons. The molecule has 0 amide bonds. The average molecular weight is 309 g/mol. The molecule has 2 aromatic heterocycles. The van der Waals surface area contributed by atoms with Gasteiger partial charge in [-0.05, 0) is 20.3 Å². The molecule has 0 aliphatic carbocycles. The van der Waals surface area contributed by atoms with Gasteiger partial charge in [0, 0.05) is 25.1 Å². The van der Waals surface area contributed by atoms with Crippen LogP contribution >= 0.6 is 11.3 Å². The third-order valence-electron chi connectivity index (χ3n) is 2.83. The normalized spacial score (nSPS) is 10.8. The number of carbonyl (C=O) groups is 1. The molecule has 0 unspecified atom stereocenters. The van der Waals surface area contributed by atoms with E-state index in [-0.39, 0.29) is 5.97 Å². The fourth-order valence-corrected chi connectivity index (χ4v) is 2.77. The quantitative estimate of drug-likeness (QED) is 0.597. The molecule has 0 saturated carbocycles. The zero-order valence-electron chi connectivity index (χ0n) is 12.2. The van der Waals surface area contributed by atoms with Gasteiger partial charge in [0.1, 0.15) is 17.0 Å². The summed E-state index contributed by atoms with van der Waals surface area (Å²) in [6.07, 6.45) is 2.37. The van der Waals surface area contributed by atoms with E-state index in [2.05, 4.69) is 15.3 Å². The van der Waals surface area contributed by atoms with Crippen molar-refractivity contribution >= 4 is 33.3 Å². The average Bonchev–Trinajstić information content (AvgIpc) is 2.92. The molecule has 0 saturated heterocycles. The molecule has 0 radical (unpaired) electrons. The summed E-state index contributed by atoms with van der Waals surface area (Å²) in [6.45, 7) is 6.25. The Hall–Kier alpha value is -1.73. The molecule has 2 aromatic rings. The monoisotopic (exact) mass is 309 g/mol. The zero-order valence-corrected chi connectivity index (χ0v) is 13.0. The molecular weight excluding hydrogens is 290 g/mol. The summed E-state index contributed by atoms with van der Waals surface area (Å²) in [6, 6.07) is 0. The molecule has 2 rings (SSSR count). The summed E-state index contributed by atoms with van der Waals surface area (Å²) in [7, 11) is 0. The highest BCUT2D eigenvalue weighted by molar-refractivity contribution is 7.17. The van der Waals surface area contributed by atoms with E-state index in [9.17, 15) is 4.79 Å². The summed E-state index contributed by atoms with van der Waals surface area (Å²) in [5.41, 5.74) is 0.518. The van der Waals surface area contributed by atoms with E-state index in [1.807, 2.05) is 6.92 Å². The first-order valence-electron chi connectivity index (χ1n) is 6.98. The smallest absolute Gasteiger partial charge is 0.339 e. The number of esters is 1. The van der Waals surface area contributed by atoms with E-state index in [4.69, 9.17) is 9.47 Å². The number of hydrogen-bond acceptors (Lipinski definition) is 7. The summed E-state index contributed by atoms with van der Waals surface area (Å²) in [5.74, 6) is 0.330. The lowest BCUT2D eigenvalue weighted by atomic mass is 10.2. The van der Waals surface area contributed by atoms with E-state index in [0.717, 1.165) is 29.8 Å². The second-order valence-electron chi connectivity index (χ2n) is 4.25. The number of nitrogens with zero attached hydrogens (tertiary/aromatic N) is 2. The number of nitrogens with one attached hydrogen (secondary N) is 1. The van der Waals surface area contributed by atoms with Crippen LogP contribution in [0.15, 0.2) is 11.7 Å². The third-order valence-corrected chi connectivity index (χ3v) is 3.71. The van der Waals surface area contributed by atoms with Gasteiger partial charge >= 0.3 is 5.97 Å². The number of ether oxygens (including phenoxy) is 2. The first-order chi connectivity index (χ1) is 10.3. The zero-order chi connectivity index (χ0) is 15.1. The molecule has 0 spiro atoms. The van der Waals surface area contributed by atoms with Crippen LogP contribution in [-0.2, 0) is 9.47 Å². The maximum absolute atomic E-state index is 12.0. The number of rotatable bonds is 8. The molecule has 7 heteroatoms. The molecule has 0 fully saturated rings. The van der Waals surface area contributed by atoms with Crippen LogP contribution in [0.3, 0.4) is 0 Å². The molecule has 21 heavy (non-hydrogen) atoms. The molecule has 1 N–H and O–H groups in total. The molecule has 0 aromatic carbocycles. The number of carbonyl (C=O) groups excluding carboxylic acids is 1. The third kappa shape index (κ3) is 3.89. The van der Waals surface area contributed by atoms with Gasteiger partial charge in [0.05, 0.1) is 17.6 Å². The number of hydrogen-bond donors (Lipinski definition) is 1. The van der Waals surface area contributed by atoms with Gasteiger partial charge in [-0.2, -0.15) is 0 Å². The molecule has 0 atom stereocenters. The minimum Gasteiger partial charge on any atom is -0.462 e. The molecular formula is C14H19N3O3S. The number of fused-ring (bicyclic) bond motifs is 1. The van der Waals surface area contributed by atoms with Gasteiger partial charge in [0.15, 0.2) is 0 Å². The maximum Gasteiger partial charge on any atom is 0.339 e. The maximum atomic E-state index is 12.0. The summed E-state index contributed by atoms with van der Waals surface area (Å²) in [5, 5.41) is 5.74. The fraction of sp³-hybridized carbons (Fsp3) is 0.500. The fourth-order valence-electron chi connectivity index (χ4n) is 1.89. The highest BCUT2D eigenvalue weighted by Gasteiger charge is 2.17. The Labute approximate surface area is 127 Å². The lowest BCUT2D eigenvalue weighted by Gasteiger charge is -2.08. The van der Waals surface area contributed by atoms with Gasteiger partial charge in [0.2, 0.25) is 0 Å². The first kappa shape index (κ1) is 15.7. The van der Waals surface area contributed by atoms with Crippen LogP contribution in [-0.4, -0.2) is 42.3 Å². The van der Waals surface area contributed by atoms with Crippen molar-refractivity contribution in [2.24, 2.45) is 0 Å². The van der Waals surface area contributed by atoms with E-state index in [1.54, 1.807) is 12.3 Å². The molecule has 6 nitrogen and oxygen atoms in total. The Kier molecular flexibility index (Phi) is 5.89. The van der Waals surface area contributed by atoms with E-state index in [1.165, 1.54) is 17.7 Å². The first-order valence-corrected chi connectivity index (χ1v) is 7.86. The lowest BCUT2D eigenvalue weighted by molar-refractivity contribution is 0.0529. The van der Waals surface area contributed by atoms with Crippen LogP contribution in [0.4, 0.5) is 5.82 Å². The second-order valence-corrected chi connectivity index (χ2v) is 5.11. The summed E-state index contributed by atoms with van der Waals surface area (Å²) in [4.78, 5) is 21.2. The number of aromatic nitrogens is 2. The number of anilines is 1. The van der Waals surface area contributed by atoms with Gasteiger partial charge in [-0.15, -0.1) is 11.3 Å². The van der Waals surface area contributed by atoms with Crippen LogP contribution in [0, 0.1) is 0 Å². The molecule has 0 bridgehead atoms. The van der Waals surface area contributed by atoms with E-state index in [0.29, 0.717) is 24.6 Å². The Bertz CT molecular complexity index is 600. The Morgan fingerprint density at radius 1 is 1.33 bits per heavy atom.